The SMILES string of the molecule is [CH2]C(CO)c1cccc(CC)c1Cl. The summed E-state index contributed by atoms with van der Waals surface area (Å²) in [6, 6.07) is 5.86. The average Bonchev–Trinajstić information content (AvgIpc) is 2.17. The largest absolute Gasteiger partial charge is 0.396 e. The van der Waals surface area contributed by atoms with Crippen LogP contribution in [-0.2, 0) is 6.42 Å². The van der Waals surface area contributed by atoms with E-state index in [4.69, 9.17) is 16.7 Å². The minimum atomic E-state index is -0.126. The van der Waals surface area contributed by atoms with E-state index in [2.05, 4.69) is 13.8 Å². The molecule has 0 aliphatic heterocycles. The highest BCUT2D eigenvalue weighted by Gasteiger charge is 2.10. The number of benzene rings is 1. The lowest BCUT2D eigenvalue weighted by atomic mass is 9.99. The van der Waals surface area contributed by atoms with Gasteiger partial charge >= 0.3 is 0 Å². The molecular formula is C11H14ClO. The van der Waals surface area contributed by atoms with Crippen molar-refractivity contribution in [1.29, 1.82) is 0 Å². The Balaban J connectivity index is 3.08. The number of halogens is 1. The summed E-state index contributed by atoms with van der Waals surface area (Å²) in [5.74, 6) is -0.126. The quantitative estimate of drug-likeness (QED) is 0.790. The van der Waals surface area contributed by atoms with Crippen molar-refractivity contribution in [2.45, 2.75) is 19.3 Å². The number of rotatable bonds is 3. The van der Waals surface area contributed by atoms with Gasteiger partial charge in [-0.1, -0.05) is 36.7 Å². The molecule has 1 rings (SSSR count). The Morgan fingerprint density at radius 3 is 2.77 bits per heavy atom. The highest BCUT2D eigenvalue weighted by Crippen LogP contribution is 2.27. The molecule has 0 bridgehead atoms. The van der Waals surface area contributed by atoms with Gasteiger partial charge in [0.25, 0.3) is 0 Å². The molecule has 1 aromatic rings. The Morgan fingerprint density at radius 2 is 2.23 bits per heavy atom. The van der Waals surface area contributed by atoms with E-state index in [1.54, 1.807) is 0 Å². The van der Waals surface area contributed by atoms with Crippen LogP contribution in [0.2, 0.25) is 5.02 Å². The fourth-order valence-electron chi connectivity index (χ4n) is 1.29. The third-order valence-electron chi connectivity index (χ3n) is 2.15. The van der Waals surface area contributed by atoms with Crippen molar-refractivity contribution in [1.82, 2.24) is 0 Å². The van der Waals surface area contributed by atoms with Crippen LogP contribution in [0.25, 0.3) is 0 Å². The zero-order valence-corrected chi connectivity index (χ0v) is 8.51. The predicted molar refractivity (Wildman–Crippen MR) is 56.0 cm³/mol. The van der Waals surface area contributed by atoms with E-state index in [1.165, 1.54) is 0 Å². The molecule has 0 heterocycles. The van der Waals surface area contributed by atoms with E-state index in [0.717, 1.165) is 22.6 Å². The van der Waals surface area contributed by atoms with Crippen LogP contribution in [0.5, 0.6) is 0 Å². The van der Waals surface area contributed by atoms with Crippen LogP contribution in [0.1, 0.15) is 24.0 Å². The second kappa shape index (κ2) is 4.64. The Bertz CT molecular complexity index is 283. The highest BCUT2D eigenvalue weighted by atomic mass is 35.5. The van der Waals surface area contributed by atoms with Crippen molar-refractivity contribution >= 4 is 11.6 Å². The van der Waals surface area contributed by atoms with Gasteiger partial charge in [0.1, 0.15) is 0 Å². The van der Waals surface area contributed by atoms with Gasteiger partial charge in [0, 0.05) is 17.5 Å². The molecule has 0 aliphatic carbocycles. The van der Waals surface area contributed by atoms with Crippen LogP contribution in [0, 0.1) is 6.92 Å². The summed E-state index contributed by atoms with van der Waals surface area (Å²) < 4.78 is 0. The molecule has 1 radical (unpaired) electrons. The van der Waals surface area contributed by atoms with Crippen LogP contribution in [0.3, 0.4) is 0 Å². The van der Waals surface area contributed by atoms with Gasteiger partial charge in [0.15, 0.2) is 0 Å². The number of aliphatic hydroxyl groups excluding tert-OH is 1. The summed E-state index contributed by atoms with van der Waals surface area (Å²) in [6.45, 7) is 5.92. The number of hydrogen-bond donors (Lipinski definition) is 1. The summed E-state index contributed by atoms with van der Waals surface area (Å²) in [5, 5.41) is 9.70. The van der Waals surface area contributed by atoms with Crippen LogP contribution in [0.15, 0.2) is 18.2 Å². The molecule has 0 saturated carbocycles. The molecule has 0 aromatic heterocycles. The molecule has 1 unspecified atom stereocenters. The second-order valence-electron chi connectivity index (χ2n) is 3.05. The van der Waals surface area contributed by atoms with Gasteiger partial charge in [0.05, 0.1) is 0 Å². The molecule has 0 fully saturated rings. The van der Waals surface area contributed by atoms with E-state index in [0.29, 0.717) is 0 Å². The minimum Gasteiger partial charge on any atom is -0.396 e. The first-order valence-electron chi connectivity index (χ1n) is 4.42. The average molecular weight is 198 g/mol. The molecular weight excluding hydrogens is 184 g/mol. The zero-order valence-electron chi connectivity index (χ0n) is 7.76. The smallest absolute Gasteiger partial charge is 0.0500 e. The molecule has 13 heavy (non-hydrogen) atoms. The summed E-state index contributed by atoms with van der Waals surface area (Å²) in [6.07, 6.45) is 0.908. The standard InChI is InChI=1S/C11H14ClO/c1-3-9-5-4-6-10(11(9)12)8(2)7-13/h4-6,8,13H,2-3,7H2,1H3. The van der Waals surface area contributed by atoms with Gasteiger partial charge in [-0.05, 0) is 24.5 Å². The van der Waals surface area contributed by atoms with Crippen LogP contribution < -0.4 is 0 Å². The Kier molecular flexibility index (Phi) is 3.76. The maximum absolute atomic E-state index is 8.96. The molecule has 0 spiro atoms. The van der Waals surface area contributed by atoms with Crippen molar-refractivity contribution in [3.63, 3.8) is 0 Å². The molecule has 1 atom stereocenters. The minimum absolute atomic E-state index is 0.0346. The van der Waals surface area contributed by atoms with Crippen molar-refractivity contribution in [2.75, 3.05) is 6.61 Å². The van der Waals surface area contributed by atoms with Gasteiger partial charge in [-0.25, -0.2) is 0 Å². The lowest BCUT2D eigenvalue weighted by Gasteiger charge is -2.12. The van der Waals surface area contributed by atoms with E-state index in [-0.39, 0.29) is 12.5 Å². The van der Waals surface area contributed by atoms with Gasteiger partial charge in [-0.15, -0.1) is 0 Å². The molecule has 1 N–H and O–H groups in total. The summed E-state index contributed by atoms with van der Waals surface area (Å²) >= 11 is 6.13. The third kappa shape index (κ3) is 2.23. The molecule has 1 aromatic carbocycles. The van der Waals surface area contributed by atoms with Gasteiger partial charge in [-0.2, -0.15) is 0 Å². The second-order valence-corrected chi connectivity index (χ2v) is 3.43. The Morgan fingerprint density at radius 1 is 1.54 bits per heavy atom. The summed E-state index contributed by atoms with van der Waals surface area (Å²) in [4.78, 5) is 0. The number of aryl methyl sites for hydroxylation is 1. The molecule has 2 heteroatoms. The van der Waals surface area contributed by atoms with Crippen LogP contribution in [0.4, 0.5) is 0 Å². The summed E-state index contributed by atoms with van der Waals surface area (Å²) in [7, 11) is 0. The van der Waals surface area contributed by atoms with E-state index in [9.17, 15) is 0 Å². The summed E-state index contributed by atoms with van der Waals surface area (Å²) in [5.41, 5.74) is 2.05. The number of hydrogen-bond acceptors (Lipinski definition) is 1. The maximum Gasteiger partial charge on any atom is 0.0500 e. The molecule has 1 nitrogen and oxygen atoms in total. The van der Waals surface area contributed by atoms with Gasteiger partial charge < -0.3 is 5.11 Å². The fourth-order valence-corrected chi connectivity index (χ4v) is 1.70. The topological polar surface area (TPSA) is 20.2 Å². The van der Waals surface area contributed by atoms with E-state index in [1.807, 2.05) is 18.2 Å². The third-order valence-corrected chi connectivity index (χ3v) is 2.61. The Hall–Kier alpha value is -0.530. The molecule has 0 saturated heterocycles. The van der Waals surface area contributed by atoms with Crippen LogP contribution >= 0.6 is 11.6 Å². The maximum atomic E-state index is 8.96. The normalized spacial score (nSPS) is 12.9. The molecule has 71 valence electrons. The Labute approximate surface area is 84.4 Å². The van der Waals surface area contributed by atoms with Crippen molar-refractivity contribution in [3.8, 4) is 0 Å². The molecule has 0 aliphatic rings. The van der Waals surface area contributed by atoms with Gasteiger partial charge in [-0.3, -0.25) is 0 Å². The first kappa shape index (κ1) is 10.6. The zero-order chi connectivity index (χ0) is 9.84. The molecule has 0 amide bonds. The van der Waals surface area contributed by atoms with Crippen molar-refractivity contribution in [2.24, 2.45) is 0 Å². The van der Waals surface area contributed by atoms with Crippen molar-refractivity contribution in [3.05, 3.63) is 41.3 Å². The van der Waals surface area contributed by atoms with E-state index >= 15 is 0 Å². The predicted octanol–water partition coefficient (Wildman–Crippen LogP) is 2.81. The first-order chi connectivity index (χ1) is 6.20. The number of aliphatic hydroxyl groups is 1. The van der Waals surface area contributed by atoms with Gasteiger partial charge in [0.2, 0.25) is 0 Å². The van der Waals surface area contributed by atoms with Crippen LogP contribution in [-0.4, -0.2) is 11.7 Å². The van der Waals surface area contributed by atoms with Crippen molar-refractivity contribution < 1.29 is 5.11 Å². The lowest BCUT2D eigenvalue weighted by Crippen LogP contribution is -2.01. The lowest BCUT2D eigenvalue weighted by molar-refractivity contribution is 0.282. The van der Waals surface area contributed by atoms with E-state index < -0.39 is 0 Å². The monoisotopic (exact) mass is 197 g/mol. The highest BCUT2D eigenvalue weighted by molar-refractivity contribution is 6.32. The fraction of sp³-hybridized carbons (Fsp3) is 0.364. The first-order valence-corrected chi connectivity index (χ1v) is 4.79.